The molecule has 5 nitrogen and oxygen atoms in total. The molecular formula is C30H23N3O2. The quantitative estimate of drug-likeness (QED) is 0.288. The summed E-state index contributed by atoms with van der Waals surface area (Å²) in [6, 6.07) is 23.6. The first kappa shape index (κ1) is 23.3. The molecule has 0 fully saturated rings. The molecule has 0 spiro atoms. The third-order valence-corrected chi connectivity index (χ3v) is 5.20. The molecule has 0 amide bonds. The fourth-order valence-electron chi connectivity index (χ4n) is 3.38. The average Bonchev–Trinajstić information content (AvgIpc) is 3.46. The Balaban J connectivity index is 0.000000179. The van der Waals surface area contributed by atoms with Crippen molar-refractivity contribution in [3.63, 3.8) is 0 Å². The zero-order chi connectivity index (χ0) is 24.6. The lowest BCUT2D eigenvalue weighted by atomic mass is 10.1. The van der Waals surface area contributed by atoms with Gasteiger partial charge in [0.25, 0.3) is 0 Å². The van der Waals surface area contributed by atoms with Gasteiger partial charge in [-0.2, -0.15) is 0 Å². The minimum absolute atomic E-state index is 0.686. The van der Waals surface area contributed by atoms with Crippen LogP contribution in [0.3, 0.4) is 0 Å². The summed E-state index contributed by atoms with van der Waals surface area (Å²) >= 11 is 0. The number of terminal acetylenes is 1. The van der Waals surface area contributed by atoms with Crippen LogP contribution >= 0.6 is 0 Å². The Kier molecular flexibility index (Phi) is 7.21. The van der Waals surface area contributed by atoms with Gasteiger partial charge < -0.3 is 9.05 Å². The smallest absolute Gasteiger partial charge is 0.149 e. The summed E-state index contributed by atoms with van der Waals surface area (Å²) in [5, 5.41) is 8.06. The van der Waals surface area contributed by atoms with Crippen molar-refractivity contribution in [1.29, 1.82) is 0 Å². The van der Waals surface area contributed by atoms with Crippen LogP contribution in [0.2, 0.25) is 0 Å². The number of benzene rings is 2. The Labute approximate surface area is 204 Å². The summed E-state index contributed by atoms with van der Waals surface area (Å²) in [4.78, 5) is 4.25. The molecule has 5 heteroatoms. The van der Waals surface area contributed by atoms with E-state index in [1.54, 1.807) is 6.20 Å². The van der Waals surface area contributed by atoms with E-state index < -0.39 is 0 Å². The Hall–Kier alpha value is -4.87. The Morgan fingerprint density at radius 1 is 0.686 bits per heavy atom. The van der Waals surface area contributed by atoms with Crippen molar-refractivity contribution in [2.24, 2.45) is 0 Å². The van der Waals surface area contributed by atoms with Crippen molar-refractivity contribution in [3.8, 4) is 46.7 Å². The van der Waals surface area contributed by atoms with Crippen molar-refractivity contribution in [2.45, 2.75) is 20.8 Å². The molecule has 35 heavy (non-hydrogen) atoms. The number of nitrogens with zero attached hydrogens (tertiary/aromatic N) is 3. The van der Waals surface area contributed by atoms with Gasteiger partial charge in [0.1, 0.15) is 28.6 Å². The molecular weight excluding hydrogens is 434 g/mol. The van der Waals surface area contributed by atoms with Crippen molar-refractivity contribution in [1.82, 2.24) is 15.3 Å². The summed E-state index contributed by atoms with van der Waals surface area (Å²) < 4.78 is 10.3. The van der Waals surface area contributed by atoms with Crippen LogP contribution in [0.15, 0.2) is 88.0 Å². The second-order valence-corrected chi connectivity index (χ2v) is 7.77. The topological polar surface area (TPSA) is 65.0 Å². The van der Waals surface area contributed by atoms with E-state index in [4.69, 9.17) is 15.5 Å². The van der Waals surface area contributed by atoms with E-state index in [-0.39, 0.29) is 0 Å². The standard InChI is InChI=1S/C18H14N2O.C12H9NO/c1-13-10-11-19-16(12-13)8-9-17-14(2)21-20-18(17)15-6-4-3-5-7-15;1-3-11-9(2)14-13-12(11)10-7-5-4-6-8-10/h3-7,10-12H,1-2H3;1,4-8H,2H3. The highest BCUT2D eigenvalue weighted by Crippen LogP contribution is 2.25. The van der Waals surface area contributed by atoms with Crippen molar-refractivity contribution in [2.75, 3.05) is 0 Å². The lowest BCUT2D eigenvalue weighted by Crippen LogP contribution is -1.85. The molecule has 0 saturated carbocycles. The fraction of sp³-hybridized carbons (Fsp3) is 0.100. The molecule has 170 valence electrons. The molecule has 3 heterocycles. The first-order valence-electron chi connectivity index (χ1n) is 11.0. The van der Waals surface area contributed by atoms with Crippen LogP contribution in [0.1, 0.15) is 33.9 Å². The minimum atomic E-state index is 0.686. The summed E-state index contributed by atoms with van der Waals surface area (Å²) in [5.41, 5.74) is 6.92. The molecule has 0 aliphatic heterocycles. The normalized spacial score (nSPS) is 9.89. The van der Waals surface area contributed by atoms with E-state index in [9.17, 15) is 0 Å². The lowest BCUT2D eigenvalue weighted by molar-refractivity contribution is 0.399. The monoisotopic (exact) mass is 457 g/mol. The molecule has 5 rings (SSSR count). The zero-order valence-electron chi connectivity index (χ0n) is 19.7. The van der Waals surface area contributed by atoms with E-state index in [1.807, 2.05) is 93.6 Å². The first-order chi connectivity index (χ1) is 17.1. The van der Waals surface area contributed by atoms with Crippen molar-refractivity contribution < 1.29 is 9.05 Å². The van der Waals surface area contributed by atoms with Gasteiger partial charge >= 0.3 is 0 Å². The van der Waals surface area contributed by atoms with Gasteiger partial charge in [-0.05, 0) is 44.4 Å². The molecule has 3 aromatic heterocycles. The summed E-state index contributed by atoms with van der Waals surface area (Å²) in [6.07, 6.45) is 7.15. The van der Waals surface area contributed by atoms with E-state index in [0.717, 1.165) is 44.9 Å². The highest BCUT2D eigenvalue weighted by molar-refractivity contribution is 5.68. The third-order valence-electron chi connectivity index (χ3n) is 5.20. The molecule has 0 saturated heterocycles. The second-order valence-electron chi connectivity index (χ2n) is 7.77. The highest BCUT2D eigenvalue weighted by atomic mass is 16.5. The second kappa shape index (κ2) is 10.8. The van der Waals surface area contributed by atoms with Gasteiger partial charge in [0.05, 0.1) is 11.1 Å². The SMILES string of the molecule is C#Cc1c(-c2ccccc2)noc1C.Cc1ccnc(C#Cc2c(-c3ccccc3)noc2C)c1. The Bertz CT molecular complexity index is 1530. The van der Waals surface area contributed by atoms with Gasteiger partial charge in [-0.25, -0.2) is 4.98 Å². The molecule has 0 radical (unpaired) electrons. The van der Waals surface area contributed by atoms with Crippen molar-refractivity contribution >= 4 is 0 Å². The van der Waals surface area contributed by atoms with Gasteiger partial charge in [-0.15, -0.1) is 6.42 Å². The zero-order valence-corrected chi connectivity index (χ0v) is 19.7. The largest absolute Gasteiger partial charge is 0.360 e. The number of aromatic nitrogens is 3. The predicted molar refractivity (Wildman–Crippen MR) is 136 cm³/mol. The van der Waals surface area contributed by atoms with Crippen LogP contribution in [0.5, 0.6) is 0 Å². The minimum Gasteiger partial charge on any atom is -0.360 e. The van der Waals surface area contributed by atoms with E-state index in [0.29, 0.717) is 11.5 Å². The van der Waals surface area contributed by atoms with Crippen LogP contribution in [0.25, 0.3) is 22.5 Å². The lowest BCUT2D eigenvalue weighted by Gasteiger charge is -1.96. The fourth-order valence-corrected chi connectivity index (χ4v) is 3.38. The van der Waals surface area contributed by atoms with E-state index >= 15 is 0 Å². The van der Waals surface area contributed by atoms with Crippen LogP contribution < -0.4 is 0 Å². The summed E-state index contributed by atoms with van der Waals surface area (Å²) in [5.74, 6) is 10.2. The number of pyridine rings is 1. The van der Waals surface area contributed by atoms with Gasteiger partial charge in [0.2, 0.25) is 0 Å². The molecule has 0 atom stereocenters. The third kappa shape index (κ3) is 5.55. The predicted octanol–water partition coefficient (Wildman–Crippen LogP) is 6.38. The van der Waals surface area contributed by atoms with E-state index in [1.165, 1.54) is 0 Å². The van der Waals surface area contributed by atoms with Gasteiger partial charge in [-0.3, -0.25) is 0 Å². The maximum absolute atomic E-state index is 5.38. The maximum Gasteiger partial charge on any atom is 0.149 e. The average molecular weight is 458 g/mol. The van der Waals surface area contributed by atoms with Crippen LogP contribution in [0, 0.1) is 45.0 Å². The first-order valence-corrected chi connectivity index (χ1v) is 11.0. The highest BCUT2D eigenvalue weighted by Gasteiger charge is 2.13. The van der Waals surface area contributed by atoms with Crippen LogP contribution in [-0.2, 0) is 0 Å². The van der Waals surface area contributed by atoms with Crippen molar-refractivity contribution in [3.05, 3.63) is 113 Å². The molecule has 0 aliphatic carbocycles. The summed E-state index contributed by atoms with van der Waals surface area (Å²) in [7, 11) is 0. The van der Waals surface area contributed by atoms with Crippen LogP contribution in [0.4, 0.5) is 0 Å². The Morgan fingerprint density at radius 2 is 1.23 bits per heavy atom. The van der Waals surface area contributed by atoms with Gasteiger partial charge in [-0.1, -0.05) is 82.8 Å². The number of rotatable bonds is 2. The maximum atomic E-state index is 5.38. The molecule has 0 N–H and O–H groups in total. The molecule has 0 aliphatic rings. The molecule has 5 aromatic rings. The van der Waals surface area contributed by atoms with Gasteiger partial charge in [0, 0.05) is 17.3 Å². The number of hydrogen-bond donors (Lipinski definition) is 0. The number of hydrogen-bond acceptors (Lipinski definition) is 5. The molecule has 2 aromatic carbocycles. The van der Waals surface area contributed by atoms with Gasteiger partial charge in [0.15, 0.2) is 0 Å². The van der Waals surface area contributed by atoms with Crippen LogP contribution in [-0.4, -0.2) is 15.3 Å². The molecule has 0 unspecified atom stereocenters. The van der Waals surface area contributed by atoms with E-state index in [2.05, 4.69) is 33.1 Å². The summed E-state index contributed by atoms with van der Waals surface area (Å²) in [6.45, 7) is 5.70. The molecule has 0 bridgehead atoms. The Morgan fingerprint density at radius 3 is 1.77 bits per heavy atom. The number of aryl methyl sites for hydroxylation is 3.